The quantitative estimate of drug-likeness (QED) is 0.692. The van der Waals surface area contributed by atoms with Crippen molar-refractivity contribution in [2.75, 3.05) is 13.1 Å². The fourth-order valence-corrected chi connectivity index (χ4v) is 3.54. The Labute approximate surface area is 115 Å². The Bertz CT molecular complexity index is 212. The van der Waals surface area contributed by atoms with Gasteiger partial charge in [-0.2, -0.15) is 0 Å². The van der Waals surface area contributed by atoms with Crippen LogP contribution in [0.1, 0.15) is 66.7 Å². The van der Waals surface area contributed by atoms with Crippen LogP contribution in [0.4, 0.5) is 0 Å². The van der Waals surface area contributed by atoms with Crippen LogP contribution in [-0.4, -0.2) is 13.1 Å². The monoisotopic (exact) mass is 253 g/mol. The standard InChI is InChI=1S/C17H35N/c1-6-14(5)10-17-11-15(13(3)4)8-9-16(17)12-18-7-2/h13-18H,6-12H2,1-5H3. The van der Waals surface area contributed by atoms with E-state index in [-0.39, 0.29) is 0 Å². The summed E-state index contributed by atoms with van der Waals surface area (Å²) >= 11 is 0. The van der Waals surface area contributed by atoms with Gasteiger partial charge in [0.15, 0.2) is 0 Å². The van der Waals surface area contributed by atoms with Gasteiger partial charge >= 0.3 is 0 Å². The van der Waals surface area contributed by atoms with Crippen LogP contribution in [0, 0.1) is 29.6 Å². The summed E-state index contributed by atoms with van der Waals surface area (Å²) < 4.78 is 0. The molecule has 1 rings (SSSR count). The largest absolute Gasteiger partial charge is 0.317 e. The van der Waals surface area contributed by atoms with Crippen LogP contribution in [0.2, 0.25) is 0 Å². The topological polar surface area (TPSA) is 12.0 Å². The predicted octanol–water partition coefficient (Wildman–Crippen LogP) is 4.72. The molecule has 1 nitrogen and oxygen atoms in total. The van der Waals surface area contributed by atoms with E-state index in [0.717, 1.165) is 36.1 Å². The smallest absolute Gasteiger partial charge is 0.00180 e. The Balaban J connectivity index is 2.54. The maximum atomic E-state index is 3.58. The fourth-order valence-electron chi connectivity index (χ4n) is 3.54. The van der Waals surface area contributed by atoms with E-state index in [2.05, 4.69) is 39.9 Å². The number of nitrogens with one attached hydrogen (secondary N) is 1. The molecule has 0 bridgehead atoms. The van der Waals surface area contributed by atoms with Crippen molar-refractivity contribution in [3.05, 3.63) is 0 Å². The number of hydrogen-bond acceptors (Lipinski definition) is 1. The molecule has 1 heteroatoms. The fraction of sp³-hybridized carbons (Fsp3) is 1.00. The van der Waals surface area contributed by atoms with Crippen molar-refractivity contribution in [1.82, 2.24) is 5.32 Å². The van der Waals surface area contributed by atoms with Crippen molar-refractivity contribution >= 4 is 0 Å². The van der Waals surface area contributed by atoms with Gasteiger partial charge in [-0.15, -0.1) is 0 Å². The molecule has 1 N–H and O–H groups in total. The molecule has 0 aromatic rings. The Morgan fingerprint density at radius 2 is 1.78 bits per heavy atom. The molecule has 4 unspecified atom stereocenters. The predicted molar refractivity (Wildman–Crippen MR) is 81.8 cm³/mol. The SMILES string of the molecule is CCNCC1CCC(C(C)C)CC1CC(C)CC. The molecule has 0 aliphatic heterocycles. The molecule has 1 aliphatic rings. The Morgan fingerprint density at radius 3 is 2.33 bits per heavy atom. The van der Waals surface area contributed by atoms with Gasteiger partial charge in [-0.25, -0.2) is 0 Å². The minimum absolute atomic E-state index is 0.879. The van der Waals surface area contributed by atoms with Gasteiger partial charge in [0.05, 0.1) is 0 Å². The molecule has 0 heterocycles. The van der Waals surface area contributed by atoms with E-state index in [0.29, 0.717) is 0 Å². The zero-order valence-corrected chi connectivity index (χ0v) is 13.3. The van der Waals surface area contributed by atoms with Crippen LogP contribution < -0.4 is 5.32 Å². The molecule has 1 saturated carbocycles. The lowest BCUT2D eigenvalue weighted by Crippen LogP contribution is -2.35. The van der Waals surface area contributed by atoms with E-state index in [1.54, 1.807) is 0 Å². The molecule has 0 amide bonds. The van der Waals surface area contributed by atoms with Crippen LogP contribution in [0.15, 0.2) is 0 Å². The molecule has 0 aromatic carbocycles. The Morgan fingerprint density at radius 1 is 1.06 bits per heavy atom. The summed E-state index contributed by atoms with van der Waals surface area (Å²) in [6.45, 7) is 14.2. The van der Waals surface area contributed by atoms with Gasteiger partial charge in [0.2, 0.25) is 0 Å². The maximum Gasteiger partial charge on any atom is -0.00180 e. The van der Waals surface area contributed by atoms with E-state index < -0.39 is 0 Å². The van der Waals surface area contributed by atoms with Crippen molar-refractivity contribution in [3.63, 3.8) is 0 Å². The molecule has 4 atom stereocenters. The van der Waals surface area contributed by atoms with E-state index in [4.69, 9.17) is 0 Å². The molecule has 0 spiro atoms. The van der Waals surface area contributed by atoms with Crippen molar-refractivity contribution in [2.45, 2.75) is 66.7 Å². The molecular formula is C17H35N. The van der Waals surface area contributed by atoms with Crippen molar-refractivity contribution < 1.29 is 0 Å². The van der Waals surface area contributed by atoms with Crippen LogP contribution >= 0.6 is 0 Å². The van der Waals surface area contributed by atoms with E-state index in [1.165, 1.54) is 38.6 Å². The van der Waals surface area contributed by atoms with Crippen molar-refractivity contribution in [1.29, 1.82) is 0 Å². The molecule has 1 fully saturated rings. The van der Waals surface area contributed by atoms with Gasteiger partial charge in [-0.05, 0) is 68.4 Å². The van der Waals surface area contributed by atoms with E-state index in [1.807, 2.05) is 0 Å². The van der Waals surface area contributed by atoms with Crippen LogP contribution in [-0.2, 0) is 0 Å². The summed E-state index contributed by atoms with van der Waals surface area (Å²) in [5, 5.41) is 3.58. The number of rotatable bonds is 7. The minimum Gasteiger partial charge on any atom is -0.317 e. The van der Waals surface area contributed by atoms with Gasteiger partial charge in [-0.3, -0.25) is 0 Å². The second kappa shape index (κ2) is 8.19. The normalized spacial score (nSPS) is 30.7. The third-order valence-corrected chi connectivity index (χ3v) is 5.18. The molecule has 0 saturated heterocycles. The molecular weight excluding hydrogens is 218 g/mol. The van der Waals surface area contributed by atoms with Crippen molar-refractivity contribution in [3.8, 4) is 0 Å². The maximum absolute atomic E-state index is 3.58. The first kappa shape index (κ1) is 16.0. The highest BCUT2D eigenvalue weighted by atomic mass is 14.8. The first-order chi connectivity index (χ1) is 8.58. The van der Waals surface area contributed by atoms with E-state index >= 15 is 0 Å². The molecule has 1 aliphatic carbocycles. The second-order valence-electron chi connectivity index (χ2n) is 6.89. The molecule has 0 radical (unpaired) electrons. The highest BCUT2D eigenvalue weighted by Crippen LogP contribution is 2.40. The summed E-state index contributed by atoms with van der Waals surface area (Å²) in [6, 6.07) is 0. The second-order valence-corrected chi connectivity index (χ2v) is 6.89. The van der Waals surface area contributed by atoms with Crippen molar-refractivity contribution in [2.24, 2.45) is 29.6 Å². The lowest BCUT2D eigenvalue weighted by Gasteiger charge is -2.39. The third-order valence-electron chi connectivity index (χ3n) is 5.18. The van der Waals surface area contributed by atoms with Gasteiger partial charge in [-0.1, -0.05) is 41.0 Å². The minimum atomic E-state index is 0.879. The van der Waals surface area contributed by atoms with Crippen LogP contribution in [0.5, 0.6) is 0 Å². The zero-order valence-electron chi connectivity index (χ0n) is 13.3. The molecule has 18 heavy (non-hydrogen) atoms. The van der Waals surface area contributed by atoms with Gasteiger partial charge < -0.3 is 5.32 Å². The van der Waals surface area contributed by atoms with Gasteiger partial charge in [0.25, 0.3) is 0 Å². The summed E-state index contributed by atoms with van der Waals surface area (Å²) in [5.41, 5.74) is 0. The molecule has 108 valence electrons. The van der Waals surface area contributed by atoms with E-state index in [9.17, 15) is 0 Å². The Kier molecular flexibility index (Phi) is 7.29. The van der Waals surface area contributed by atoms with Gasteiger partial charge in [0.1, 0.15) is 0 Å². The average molecular weight is 253 g/mol. The first-order valence-electron chi connectivity index (χ1n) is 8.29. The average Bonchev–Trinajstić information content (AvgIpc) is 2.36. The summed E-state index contributed by atoms with van der Waals surface area (Å²) in [4.78, 5) is 0. The Hall–Kier alpha value is -0.0400. The molecule has 0 aromatic heterocycles. The third kappa shape index (κ3) is 4.91. The highest BCUT2D eigenvalue weighted by molar-refractivity contribution is 4.83. The first-order valence-corrected chi connectivity index (χ1v) is 8.29. The van der Waals surface area contributed by atoms with Crippen LogP contribution in [0.25, 0.3) is 0 Å². The zero-order chi connectivity index (χ0) is 13.5. The lowest BCUT2D eigenvalue weighted by molar-refractivity contribution is 0.125. The van der Waals surface area contributed by atoms with Gasteiger partial charge in [0, 0.05) is 0 Å². The number of hydrogen-bond donors (Lipinski definition) is 1. The lowest BCUT2D eigenvalue weighted by atomic mass is 9.68. The summed E-state index contributed by atoms with van der Waals surface area (Å²) in [7, 11) is 0. The summed E-state index contributed by atoms with van der Waals surface area (Å²) in [6.07, 6.45) is 7.20. The highest BCUT2D eigenvalue weighted by Gasteiger charge is 2.31. The van der Waals surface area contributed by atoms with Crippen LogP contribution in [0.3, 0.4) is 0 Å². The summed E-state index contributed by atoms with van der Waals surface area (Å²) in [5.74, 6) is 4.68.